The summed E-state index contributed by atoms with van der Waals surface area (Å²) < 4.78 is 5.51. The van der Waals surface area contributed by atoms with Gasteiger partial charge in [-0.05, 0) is 39.9 Å². The Balaban J connectivity index is 1.54. The van der Waals surface area contributed by atoms with Gasteiger partial charge >= 0.3 is 12.1 Å². The molecule has 1 atom stereocenters. The first-order chi connectivity index (χ1) is 15.9. The summed E-state index contributed by atoms with van der Waals surface area (Å²) in [5.41, 5.74) is 4.71. The summed E-state index contributed by atoms with van der Waals surface area (Å²) in [6.07, 6.45) is -1.12. The van der Waals surface area contributed by atoms with Crippen molar-refractivity contribution in [3.63, 3.8) is 0 Å². The van der Waals surface area contributed by atoms with E-state index >= 15 is 0 Å². The molecular weight excluding hydrogens is 422 g/mol. The smallest absolute Gasteiger partial charge is 0.417 e. The molecule has 1 aliphatic rings. The molecule has 168 valence electrons. The number of carbonyl (C=O) groups excluding carboxylic acids is 2. The molecular formula is C26H23NO6. The van der Waals surface area contributed by atoms with Gasteiger partial charge in [-0.25, -0.2) is 14.5 Å². The Hall–Kier alpha value is -4.13. The molecule has 2 N–H and O–H groups in total. The number of nitrogens with zero attached hydrogens (tertiary/aromatic N) is 1. The fourth-order valence-corrected chi connectivity index (χ4v) is 4.28. The van der Waals surface area contributed by atoms with Crippen molar-refractivity contribution in [3.05, 3.63) is 89.5 Å². The Morgan fingerprint density at radius 1 is 0.909 bits per heavy atom. The molecule has 7 nitrogen and oxygen atoms in total. The SMILES string of the molecule is CC(=O)N(C(=O)OCC1c2ccccc2-c2ccccc21)[C@H](Cc1ccc(O)cc1)C(=O)O. The van der Waals surface area contributed by atoms with Crippen molar-refractivity contribution < 1.29 is 29.3 Å². The number of carboxylic acid groups (broad SMARTS) is 1. The molecule has 0 fully saturated rings. The number of carbonyl (C=O) groups is 3. The lowest BCUT2D eigenvalue weighted by Crippen LogP contribution is -2.49. The number of fused-ring (bicyclic) bond motifs is 3. The molecule has 33 heavy (non-hydrogen) atoms. The second kappa shape index (κ2) is 9.16. The fraction of sp³-hybridized carbons (Fsp3) is 0.192. The summed E-state index contributed by atoms with van der Waals surface area (Å²) in [4.78, 5) is 37.8. The molecule has 3 aromatic carbocycles. The van der Waals surface area contributed by atoms with Crippen molar-refractivity contribution in [1.82, 2.24) is 4.90 Å². The Bertz CT molecular complexity index is 1160. The van der Waals surface area contributed by atoms with E-state index in [0.717, 1.165) is 29.2 Å². The summed E-state index contributed by atoms with van der Waals surface area (Å²) in [6.45, 7) is 1.11. The molecule has 0 saturated carbocycles. The Labute approximate surface area is 190 Å². The van der Waals surface area contributed by atoms with Crippen molar-refractivity contribution in [1.29, 1.82) is 0 Å². The van der Waals surface area contributed by atoms with E-state index in [1.54, 1.807) is 12.1 Å². The maximum Gasteiger partial charge on any atom is 0.417 e. The van der Waals surface area contributed by atoms with Crippen LogP contribution >= 0.6 is 0 Å². The summed E-state index contributed by atoms with van der Waals surface area (Å²) in [7, 11) is 0. The van der Waals surface area contributed by atoms with E-state index in [9.17, 15) is 24.6 Å². The zero-order valence-electron chi connectivity index (χ0n) is 18.0. The van der Waals surface area contributed by atoms with Crippen molar-refractivity contribution in [2.45, 2.75) is 25.3 Å². The fourth-order valence-electron chi connectivity index (χ4n) is 4.28. The van der Waals surface area contributed by atoms with Crippen LogP contribution in [0.4, 0.5) is 4.79 Å². The van der Waals surface area contributed by atoms with Gasteiger partial charge in [0.2, 0.25) is 5.91 Å². The molecule has 1 aliphatic carbocycles. The number of aromatic hydroxyl groups is 1. The van der Waals surface area contributed by atoms with Crippen LogP contribution in [-0.2, 0) is 20.7 Å². The topological polar surface area (TPSA) is 104 Å². The number of carboxylic acids is 1. The Morgan fingerprint density at radius 2 is 1.45 bits per heavy atom. The number of amides is 2. The molecule has 4 rings (SSSR count). The van der Waals surface area contributed by atoms with Gasteiger partial charge in [0, 0.05) is 19.3 Å². The van der Waals surface area contributed by atoms with E-state index in [1.807, 2.05) is 48.5 Å². The second-order valence-electron chi connectivity index (χ2n) is 7.92. The van der Waals surface area contributed by atoms with Crippen LogP contribution in [0.2, 0.25) is 0 Å². The number of benzene rings is 3. The maximum absolute atomic E-state index is 12.9. The van der Waals surface area contributed by atoms with Crippen molar-refractivity contribution in [2.24, 2.45) is 0 Å². The monoisotopic (exact) mass is 445 g/mol. The third-order valence-electron chi connectivity index (χ3n) is 5.83. The van der Waals surface area contributed by atoms with Crippen molar-refractivity contribution in [3.8, 4) is 16.9 Å². The number of hydrogen-bond donors (Lipinski definition) is 2. The molecule has 0 saturated heterocycles. The summed E-state index contributed by atoms with van der Waals surface area (Å²) >= 11 is 0. The van der Waals surface area contributed by atoms with Crippen LogP contribution < -0.4 is 0 Å². The molecule has 0 unspecified atom stereocenters. The van der Waals surface area contributed by atoms with Gasteiger partial charge in [0.15, 0.2) is 0 Å². The van der Waals surface area contributed by atoms with E-state index in [1.165, 1.54) is 12.1 Å². The second-order valence-corrected chi connectivity index (χ2v) is 7.92. The van der Waals surface area contributed by atoms with Gasteiger partial charge in [0.1, 0.15) is 18.4 Å². The standard InChI is InChI=1S/C26H23NO6/c1-16(28)27(24(25(30)31)14-17-10-12-18(29)13-11-17)26(32)33-15-23-21-8-4-2-6-19(21)20-7-3-5-9-22(20)23/h2-13,23-24,29H,14-15H2,1H3,(H,30,31)/t24-/m1/s1. The van der Waals surface area contributed by atoms with Gasteiger partial charge in [-0.3, -0.25) is 4.79 Å². The zero-order valence-corrected chi connectivity index (χ0v) is 18.0. The van der Waals surface area contributed by atoms with Crippen LogP contribution in [0.1, 0.15) is 29.5 Å². The Kier molecular flexibility index (Phi) is 6.13. The number of aliphatic carboxylic acids is 1. The molecule has 2 amide bonds. The number of phenolic OH excluding ortho intramolecular Hbond substituents is 1. The summed E-state index contributed by atoms with van der Waals surface area (Å²) in [5.74, 6) is -2.23. The highest BCUT2D eigenvalue weighted by Crippen LogP contribution is 2.44. The quantitative estimate of drug-likeness (QED) is 0.590. The molecule has 0 radical (unpaired) electrons. The molecule has 0 aromatic heterocycles. The van der Waals surface area contributed by atoms with Gasteiger partial charge in [0.25, 0.3) is 0 Å². The van der Waals surface area contributed by atoms with Crippen LogP contribution in [0.15, 0.2) is 72.8 Å². The molecule has 0 heterocycles. The molecule has 0 bridgehead atoms. The van der Waals surface area contributed by atoms with Gasteiger partial charge in [-0.1, -0.05) is 60.7 Å². The average molecular weight is 445 g/mol. The largest absolute Gasteiger partial charge is 0.508 e. The van der Waals surface area contributed by atoms with Gasteiger partial charge in [0.05, 0.1) is 0 Å². The van der Waals surface area contributed by atoms with Crippen molar-refractivity contribution >= 4 is 18.0 Å². The molecule has 7 heteroatoms. The first-order valence-electron chi connectivity index (χ1n) is 10.5. The van der Waals surface area contributed by atoms with E-state index in [-0.39, 0.29) is 24.7 Å². The van der Waals surface area contributed by atoms with E-state index in [2.05, 4.69) is 0 Å². The van der Waals surface area contributed by atoms with Gasteiger partial charge in [-0.2, -0.15) is 0 Å². The number of ether oxygens (including phenoxy) is 1. The van der Waals surface area contributed by atoms with Crippen molar-refractivity contribution in [2.75, 3.05) is 6.61 Å². The number of hydrogen-bond acceptors (Lipinski definition) is 5. The minimum atomic E-state index is -1.44. The number of imide groups is 1. The number of phenols is 1. The lowest BCUT2D eigenvalue weighted by Gasteiger charge is -2.26. The van der Waals surface area contributed by atoms with E-state index in [0.29, 0.717) is 10.5 Å². The van der Waals surface area contributed by atoms with Crippen LogP contribution in [0.5, 0.6) is 5.75 Å². The minimum Gasteiger partial charge on any atom is -0.508 e. The summed E-state index contributed by atoms with van der Waals surface area (Å²) in [5, 5.41) is 19.2. The third-order valence-corrected chi connectivity index (χ3v) is 5.83. The lowest BCUT2D eigenvalue weighted by atomic mass is 9.98. The molecule has 0 spiro atoms. The number of rotatable bonds is 6. The first kappa shape index (κ1) is 22.1. The third kappa shape index (κ3) is 4.43. The zero-order chi connectivity index (χ0) is 23.5. The maximum atomic E-state index is 12.9. The van der Waals surface area contributed by atoms with Crippen LogP contribution in [0, 0.1) is 0 Å². The van der Waals surface area contributed by atoms with E-state index < -0.39 is 24.0 Å². The van der Waals surface area contributed by atoms with Crippen LogP contribution in [0.25, 0.3) is 11.1 Å². The minimum absolute atomic E-state index is 0.0256. The van der Waals surface area contributed by atoms with Crippen LogP contribution in [-0.4, -0.2) is 45.7 Å². The molecule has 0 aliphatic heterocycles. The predicted octanol–water partition coefficient (Wildman–Crippen LogP) is 4.19. The lowest BCUT2D eigenvalue weighted by molar-refractivity contribution is -0.148. The van der Waals surface area contributed by atoms with E-state index in [4.69, 9.17) is 4.74 Å². The molecule has 3 aromatic rings. The van der Waals surface area contributed by atoms with Gasteiger partial charge < -0.3 is 14.9 Å². The summed E-state index contributed by atoms with van der Waals surface area (Å²) in [6, 6.07) is 20.2. The highest BCUT2D eigenvalue weighted by atomic mass is 16.6. The first-order valence-corrected chi connectivity index (χ1v) is 10.5. The highest BCUT2D eigenvalue weighted by molar-refractivity contribution is 5.95. The highest BCUT2D eigenvalue weighted by Gasteiger charge is 2.36. The van der Waals surface area contributed by atoms with Crippen LogP contribution in [0.3, 0.4) is 0 Å². The Morgan fingerprint density at radius 3 is 1.97 bits per heavy atom. The normalized spacial score (nSPS) is 13.0. The average Bonchev–Trinajstić information content (AvgIpc) is 3.12. The van der Waals surface area contributed by atoms with Gasteiger partial charge in [-0.15, -0.1) is 0 Å². The predicted molar refractivity (Wildman–Crippen MR) is 121 cm³/mol.